The second kappa shape index (κ2) is 9.24. The van der Waals surface area contributed by atoms with E-state index in [1.165, 1.54) is 17.0 Å². The van der Waals surface area contributed by atoms with Crippen LogP contribution >= 0.6 is 15.9 Å². The van der Waals surface area contributed by atoms with E-state index >= 15 is 0 Å². The van der Waals surface area contributed by atoms with Crippen molar-refractivity contribution in [3.05, 3.63) is 129 Å². The summed E-state index contributed by atoms with van der Waals surface area (Å²) in [4.78, 5) is 42.9. The van der Waals surface area contributed by atoms with Crippen molar-refractivity contribution in [3.63, 3.8) is 0 Å². The van der Waals surface area contributed by atoms with Gasteiger partial charge in [-0.05, 0) is 59.5 Å². The van der Waals surface area contributed by atoms with Crippen LogP contribution < -0.4 is 10.3 Å². The minimum Gasteiger partial charge on any atom is -0.507 e. The van der Waals surface area contributed by atoms with Gasteiger partial charge in [0.25, 0.3) is 5.91 Å². The first-order valence-corrected chi connectivity index (χ1v) is 14.1. The van der Waals surface area contributed by atoms with Gasteiger partial charge in [-0.3, -0.25) is 14.4 Å². The van der Waals surface area contributed by atoms with Crippen LogP contribution in [-0.2, 0) is 15.0 Å². The standard InChI is InChI=1S/C33H24BrN3O4/c1-18-10-13-20(14-11-18)37-31(40)28-27-21-6-2-4-8-24(21)33(29(28)32(37)41,25-9-5-3-7-22(25)27)17-35-36-30(39)23-16-19(34)12-15-26(23)38/h2-17,27-29,38H,1H3,(H,36,39)/b35-17+/t27?,28-,29+,33?/m0/s1. The Hall–Kier alpha value is -4.56. The zero-order chi connectivity index (χ0) is 28.5. The van der Waals surface area contributed by atoms with E-state index < -0.39 is 23.2 Å². The summed E-state index contributed by atoms with van der Waals surface area (Å²) in [6.45, 7) is 1.96. The van der Waals surface area contributed by atoms with Crippen LogP contribution in [-0.4, -0.2) is 29.0 Å². The number of hydrogen-bond acceptors (Lipinski definition) is 5. The molecule has 3 amide bonds. The van der Waals surface area contributed by atoms with Crippen molar-refractivity contribution < 1.29 is 19.5 Å². The number of benzene rings is 4. The summed E-state index contributed by atoms with van der Waals surface area (Å²) in [6, 6.07) is 27.7. The highest BCUT2D eigenvalue weighted by molar-refractivity contribution is 9.10. The lowest BCUT2D eigenvalue weighted by molar-refractivity contribution is -0.122. The Bertz CT molecular complexity index is 1750. The molecule has 1 heterocycles. The lowest BCUT2D eigenvalue weighted by atomic mass is 9.47. The van der Waals surface area contributed by atoms with Crippen molar-refractivity contribution in [1.29, 1.82) is 0 Å². The molecular formula is C33H24BrN3O4. The minimum absolute atomic E-state index is 0.0534. The van der Waals surface area contributed by atoms with Crippen LogP contribution in [0.3, 0.4) is 0 Å². The van der Waals surface area contributed by atoms with Crippen molar-refractivity contribution in [2.24, 2.45) is 16.9 Å². The highest BCUT2D eigenvalue weighted by Crippen LogP contribution is 2.63. The average molecular weight is 606 g/mol. The Kier molecular flexibility index (Phi) is 5.73. The monoisotopic (exact) mass is 605 g/mol. The molecule has 0 spiro atoms. The zero-order valence-electron chi connectivity index (χ0n) is 21.9. The Morgan fingerprint density at radius 2 is 1.56 bits per heavy atom. The number of nitrogens with zero attached hydrogens (tertiary/aromatic N) is 2. The van der Waals surface area contributed by atoms with E-state index in [0.29, 0.717) is 10.2 Å². The van der Waals surface area contributed by atoms with Gasteiger partial charge in [0.05, 0.1) is 28.5 Å². The van der Waals surface area contributed by atoms with E-state index in [2.05, 4.69) is 26.5 Å². The molecule has 202 valence electrons. The molecule has 0 saturated carbocycles. The molecule has 7 nitrogen and oxygen atoms in total. The van der Waals surface area contributed by atoms with Gasteiger partial charge in [-0.25, -0.2) is 10.3 Å². The normalized spacial score (nSPS) is 23.9. The summed E-state index contributed by atoms with van der Waals surface area (Å²) in [7, 11) is 0. The van der Waals surface area contributed by atoms with E-state index in [1.807, 2.05) is 67.6 Å². The molecule has 0 radical (unpaired) electrons. The van der Waals surface area contributed by atoms with Crippen LogP contribution in [0.4, 0.5) is 5.69 Å². The molecule has 4 aliphatic rings. The summed E-state index contributed by atoms with van der Waals surface area (Å²) < 4.78 is 0.630. The summed E-state index contributed by atoms with van der Waals surface area (Å²) in [5.74, 6) is -3.00. The van der Waals surface area contributed by atoms with E-state index in [-0.39, 0.29) is 29.0 Å². The van der Waals surface area contributed by atoms with Gasteiger partial charge in [-0.15, -0.1) is 0 Å². The maximum Gasteiger partial charge on any atom is 0.275 e. The molecule has 8 rings (SSSR count). The minimum atomic E-state index is -1.11. The van der Waals surface area contributed by atoms with Crippen LogP contribution in [0, 0.1) is 18.8 Å². The third-order valence-corrected chi connectivity index (χ3v) is 9.11. The number of carbonyl (C=O) groups excluding carboxylic acids is 3. The van der Waals surface area contributed by atoms with Gasteiger partial charge in [0.1, 0.15) is 5.75 Å². The number of halogens is 1. The average Bonchev–Trinajstić information content (AvgIpc) is 3.25. The molecule has 0 aromatic heterocycles. The number of aromatic hydroxyl groups is 1. The van der Waals surface area contributed by atoms with Gasteiger partial charge in [0.15, 0.2) is 0 Å². The maximum atomic E-state index is 14.4. The van der Waals surface area contributed by atoms with Gasteiger partial charge in [-0.2, -0.15) is 5.10 Å². The Morgan fingerprint density at radius 3 is 2.22 bits per heavy atom. The Labute approximate surface area is 244 Å². The van der Waals surface area contributed by atoms with Gasteiger partial charge in [-0.1, -0.05) is 82.2 Å². The number of hydrogen-bond donors (Lipinski definition) is 2. The van der Waals surface area contributed by atoms with Crippen molar-refractivity contribution in [2.75, 3.05) is 4.90 Å². The first kappa shape index (κ1) is 25.4. The number of rotatable bonds is 4. The molecule has 4 aromatic carbocycles. The van der Waals surface area contributed by atoms with E-state index in [0.717, 1.165) is 27.8 Å². The molecule has 2 atom stereocenters. The van der Waals surface area contributed by atoms with Crippen molar-refractivity contribution in [1.82, 2.24) is 5.43 Å². The molecule has 2 N–H and O–H groups in total. The fourth-order valence-electron chi connectivity index (χ4n) is 6.94. The summed E-state index contributed by atoms with van der Waals surface area (Å²) in [5, 5.41) is 14.6. The molecule has 1 aliphatic heterocycles. The molecule has 3 aliphatic carbocycles. The number of nitrogens with one attached hydrogen (secondary N) is 1. The third-order valence-electron chi connectivity index (χ3n) is 8.61. The highest BCUT2D eigenvalue weighted by Gasteiger charge is 2.68. The topological polar surface area (TPSA) is 99.1 Å². The second-order valence-corrected chi connectivity index (χ2v) is 11.6. The fraction of sp³-hybridized carbons (Fsp3) is 0.152. The molecule has 8 heteroatoms. The Morgan fingerprint density at radius 1 is 0.927 bits per heavy atom. The van der Waals surface area contributed by atoms with Gasteiger partial charge in [0.2, 0.25) is 11.8 Å². The summed E-state index contributed by atoms with van der Waals surface area (Å²) >= 11 is 3.32. The van der Waals surface area contributed by atoms with Crippen molar-refractivity contribution in [2.45, 2.75) is 18.3 Å². The predicted molar refractivity (Wildman–Crippen MR) is 158 cm³/mol. The Balaban J connectivity index is 1.40. The lowest BCUT2D eigenvalue weighted by Crippen LogP contribution is -2.54. The molecule has 1 fully saturated rings. The number of phenols is 1. The second-order valence-electron chi connectivity index (χ2n) is 10.7. The van der Waals surface area contributed by atoms with Crippen molar-refractivity contribution >= 4 is 45.6 Å². The van der Waals surface area contributed by atoms with E-state index in [1.54, 1.807) is 24.4 Å². The van der Waals surface area contributed by atoms with Crippen LogP contribution in [0.2, 0.25) is 0 Å². The molecular weight excluding hydrogens is 582 g/mol. The molecule has 0 unspecified atom stereocenters. The first-order chi connectivity index (χ1) is 19.8. The highest BCUT2D eigenvalue weighted by atomic mass is 79.9. The van der Waals surface area contributed by atoms with Crippen LogP contribution in [0.5, 0.6) is 5.75 Å². The number of anilines is 1. The predicted octanol–water partition coefficient (Wildman–Crippen LogP) is 5.43. The van der Waals surface area contributed by atoms with Crippen LogP contribution in [0.15, 0.2) is 101 Å². The lowest BCUT2D eigenvalue weighted by Gasteiger charge is -2.52. The first-order valence-electron chi connectivity index (χ1n) is 13.3. The fourth-order valence-corrected chi connectivity index (χ4v) is 7.30. The number of imide groups is 1. The summed E-state index contributed by atoms with van der Waals surface area (Å²) in [6.07, 6.45) is 1.61. The molecule has 41 heavy (non-hydrogen) atoms. The van der Waals surface area contributed by atoms with Gasteiger partial charge in [0, 0.05) is 16.6 Å². The van der Waals surface area contributed by atoms with E-state index in [4.69, 9.17) is 0 Å². The van der Waals surface area contributed by atoms with Crippen molar-refractivity contribution in [3.8, 4) is 5.75 Å². The zero-order valence-corrected chi connectivity index (χ0v) is 23.5. The number of aryl methyl sites for hydroxylation is 1. The van der Waals surface area contributed by atoms with Gasteiger partial charge < -0.3 is 5.11 Å². The van der Waals surface area contributed by atoms with Gasteiger partial charge >= 0.3 is 0 Å². The quantitative estimate of drug-likeness (QED) is 0.184. The van der Waals surface area contributed by atoms with Crippen LogP contribution in [0.1, 0.15) is 44.1 Å². The number of phenolic OH excluding ortho intramolecular Hbond substituents is 1. The molecule has 1 saturated heterocycles. The summed E-state index contributed by atoms with van der Waals surface area (Å²) in [5.41, 5.74) is 6.79. The number of amides is 3. The third kappa shape index (κ3) is 3.56. The number of hydrazone groups is 1. The smallest absolute Gasteiger partial charge is 0.275 e. The van der Waals surface area contributed by atoms with Crippen LogP contribution in [0.25, 0.3) is 0 Å². The molecule has 4 aromatic rings. The molecule has 2 bridgehead atoms. The number of carbonyl (C=O) groups is 3. The SMILES string of the molecule is Cc1ccc(N2C(=O)[C@H]3C4c5ccccc5C(/C=N/NC(=O)c5cc(Br)ccc5O)(c5ccccc54)[C@H]3C2=O)cc1. The maximum absolute atomic E-state index is 14.4. The largest absolute Gasteiger partial charge is 0.507 e. The van der Waals surface area contributed by atoms with E-state index in [9.17, 15) is 19.5 Å².